The first kappa shape index (κ1) is 26.0. The van der Waals surface area contributed by atoms with Crippen LogP contribution in [0.25, 0.3) is 32.9 Å². The Balaban J connectivity index is 0.00000135. The number of benzene rings is 2. The van der Waals surface area contributed by atoms with E-state index in [1.54, 1.807) is 18.3 Å². The van der Waals surface area contributed by atoms with E-state index in [4.69, 9.17) is 14.5 Å². The summed E-state index contributed by atoms with van der Waals surface area (Å²) in [5, 5.41) is 12.6. The molecule has 0 spiro atoms. The number of nitrogens with zero attached hydrogens (tertiary/aromatic N) is 5. The molecule has 0 radical (unpaired) electrons. The van der Waals surface area contributed by atoms with Crippen molar-refractivity contribution in [2.45, 2.75) is 58.2 Å². The summed E-state index contributed by atoms with van der Waals surface area (Å²) in [6.45, 7) is 7.35. The monoisotopic (exact) mass is 555 g/mol. The molecule has 6 heterocycles. The number of fused-ring (bicyclic) bond motifs is 5. The zero-order valence-electron chi connectivity index (χ0n) is 23.4. The van der Waals surface area contributed by atoms with Gasteiger partial charge in [0.05, 0.1) is 23.3 Å². The molecule has 4 aliphatic rings. The van der Waals surface area contributed by atoms with Crippen LogP contribution in [0, 0.1) is 5.82 Å². The molecule has 3 fully saturated rings. The molecule has 2 aromatic heterocycles. The number of rotatable bonds is 4. The van der Waals surface area contributed by atoms with Gasteiger partial charge in [0.2, 0.25) is 0 Å². The van der Waals surface area contributed by atoms with Gasteiger partial charge in [-0.05, 0) is 48.6 Å². The molecule has 2 atom stereocenters. The summed E-state index contributed by atoms with van der Waals surface area (Å²) in [7, 11) is 0. The molecular weight excluding hydrogens is 521 g/mol. The Kier molecular flexibility index (Phi) is 6.61. The SMILES string of the molecule is CC.Oc1cc(-c2ncc3c(N4CC5CCC(C4)O5)nc(OC4=C5CCCN5CC4)nc3c2F)c2ccccc2c1. The van der Waals surface area contributed by atoms with Crippen molar-refractivity contribution in [1.29, 1.82) is 0 Å². The van der Waals surface area contributed by atoms with E-state index in [2.05, 4.69) is 19.8 Å². The lowest BCUT2D eigenvalue weighted by Gasteiger charge is -2.33. The van der Waals surface area contributed by atoms with Gasteiger partial charge in [-0.15, -0.1) is 0 Å². The number of aromatic hydroxyl groups is 1. The molecule has 4 aliphatic heterocycles. The first-order valence-electron chi connectivity index (χ1n) is 14.7. The van der Waals surface area contributed by atoms with Crippen LogP contribution < -0.4 is 9.64 Å². The number of pyridine rings is 1. The van der Waals surface area contributed by atoms with E-state index < -0.39 is 5.82 Å². The van der Waals surface area contributed by atoms with Gasteiger partial charge in [0.1, 0.15) is 28.5 Å². The van der Waals surface area contributed by atoms with Crippen molar-refractivity contribution in [3.63, 3.8) is 0 Å². The van der Waals surface area contributed by atoms with Crippen molar-refractivity contribution in [2.75, 3.05) is 31.1 Å². The van der Waals surface area contributed by atoms with E-state index in [1.165, 1.54) is 5.70 Å². The highest BCUT2D eigenvalue weighted by molar-refractivity contribution is 5.99. The van der Waals surface area contributed by atoms with Crippen LogP contribution >= 0.6 is 0 Å². The molecule has 8 rings (SSSR count). The normalized spacial score (nSPS) is 21.4. The van der Waals surface area contributed by atoms with Crippen molar-refractivity contribution < 1.29 is 19.0 Å². The summed E-state index contributed by atoms with van der Waals surface area (Å²) in [4.78, 5) is 18.6. The maximum Gasteiger partial charge on any atom is 0.324 e. The standard InChI is InChI=1S/C30H28FN5O3.C2H6/c31-26-27(22-13-18(37)12-17-4-1-2-5-21(17)22)32-14-23-28(26)33-30(39-25-9-11-35-10-3-6-24(25)35)34-29(23)36-15-19-7-8-20(16-36)38-19;1-2/h1-2,4-5,12-14,19-20,37H,3,6-11,15-16H2;1-2H3. The molecule has 8 nitrogen and oxygen atoms in total. The number of phenolic OH excluding ortho intramolecular Hbond substituents is 1. The molecule has 0 saturated carbocycles. The quantitative estimate of drug-likeness (QED) is 0.320. The molecule has 2 bridgehead atoms. The van der Waals surface area contributed by atoms with E-state index >= 15 is 4.39 Å². The van der Waals surface area contributed by atoms with E-state index in [9.17, 15) is 5.11 Å². The Morgan fingerprint density at radius 3 is 2.61 bits per heavy atom. The van der Waals surface area contributed by atoms with Crippen LogP contribution in [-0.4, -0.2) is 63.3 Å². The van der Waals surface area contributed by atoms with E-state index in [0.717, 1.165) is 61.7 Å². The molecule has 41 heavy (non-hydrogen) atoms. The molecule has 212 valence electrons. The summed E-state index contributed by atoms with van der Waals surface area (Å²) >= 11 is 0. The number of anilines is 1. The van der Waals surface area contributed by atoms with Crippen LogP contribution in [0.5, 0.6) is 11.8 Å². The van der Waals surface area contributed by atoms with Gasteiger partial charge in [-0.3, -0.25) is 4.98 Å². The summed E-state index contributed by atoms with van der Waals surface area (Å²) in [5.74, 6) is 1.01. The maximum atomic E-state index is 16.5. The topological polar surface area (TPSA) is 83.8 Å². The number of ether oxygens (including phenoxy) is 2. The molecule has 1 N–H and O–H groups in total. The fourth-order valence-corrected chi connectivity index (χ4v) is 6.67. The van der Waals surface area contributed by atoms with Gasteiger partial charge in [0.15, 0.2) is 5.82 Å². The fourth-order valence-electron chi connectivity index (χ4n) is 6.67. The minimum absolute atomic E-state index is 0.0527. The summed E-state index contributed by atoms with van der Waals surface area (Å²) in [6.07, 6.45) is 6.86. The molecule has 4 aromatic rings. The van der Waals surface area contributed by atoms with Crippen LogP contribution in [0.15, 0.2) is 54.1 Å². The van der Waals surface area contributed by atoms with Gasteiger partial charge >= 0.3 is 6.01 Å². The lowest BCUT2D eigenvalue weighted by atomic mass is 10.0. The van der Waals surface area contributed by atoms with Crippen LogP contribution in [0.3, 0.4) is 0 Å². The van der Waals surface area contributed by atoms with Gasteiger partial charge < -0.3 is 24.4 Å². The van der Waals surface area contributed by atoms with E-state index in [-0.39, 0.29) is 35.2 Å². The Morgan fingerprint density at radius 1 is 0.976 bits per heavy atom. The van der Waals surface area contributed by atoms with Gasteiger partial charge in [0, 0.05) is 44.4 Å². The Hall–Kier alpha value is -3.98. The number of morpholine rings is 1. The fraction of sp³-hybridized carbons (Fsp3) is 0.406. The third-order valence-electron chi connectivity index (χ3n) is 8.46. The first-order valence-corrected chi connectivity index (χ1v) is 14.7. The van der Waals surface area contributed by atoms with Crippen molar-refractivity contribution in [2.24, 2.45) is 0 Å². The predicted octanol–water partition coefficient (Wildman–Crippen LogP) is 6.17. The molecule has 9 heteroatoms. The smallest absolute Gasteiger partial charge is 0.324 e. The average Bonchev–Trinajstić information content (AvgIpc) is 3.71. The number of aromatic nitrogens is 3. The summed E-state index contributed by atoms with van der Waals surface area (Å²) < 4.78 is 28.9. The van der Waals surface area contributed by atoms with Crippen molar-refractivity contribution >= 4 is 27.5 Å². The second-order valence-corrected chi connectivity index (χ2v) is 10.9. The lowest BCUT2D eigenvalue weighted by molar-refractivity contribution is 0.0303. The second-order valence-electron chi connectivity index (χ2n) is 10.9. The zero-order valence-corrected chi connectivity index (χ0v) is 23.4. The van der Waals surface area contributed by atoms with Gasteiger partial charge in [-0.2, -0.15) is 9.97 Å². The van der Waals surface area contributed by atoms with Crippen LogP contribution in [0.2, 0.25) is 0 Å². The average molecular weight is 556 g/mol. The Morgan fingerprint density at radius 2 is 1.78 bits per heavy atom. The predicted molar refractivity (Wildman–Crippen MR) is 156 cm³/mol. The number of allylic oxidation sites excluding steroid dienone is 1. The molecular formula is C32H34FN5O3. The highest BCUT2D eigenvalue weighted by Gasteiger charge is 2.36. The van der Waals surface area contributed by atoms with E-state index in [0.29, 0.717) is 29.9 Å². The van der Waals surface area contributed by atoms with E-state index in [1.807, 2.05) is 38.1 Å². The van der Waals surface area contributed by atoms with Gasteiger partial charge in [-0.1, -0.05) is 38.1 Å². The zero-order chi connectivity index (χ0) is 28.1. The van der Waals surface area contributed by atoms with Gasteiger partial charge in [-0.25, -0.2) is 4.39 Å². The number of hydrogen-bond acceptors (Lipinski definition) is 8. The van der Waals surface area contributed by atoms with Crippen molar-refractivity contribution in [1.82, 2.24) is 19.9 Å². The maximum absolute atomic E-state index is 16.5. The minimum Gasteiger partial charge on any atom is -0.508 e. The Labute approximate surface area is 238 Å². The molecule has 2 aromatic carbocycles. The summed E-state index contributed by atoms with van der Waals surface area (Å²) in [5.41, 5.74) is 2.03. The van der Waals surface area contributed by atoms with Crippen molar-refractivity contribution in [3.05, 3.63) is 59.9 Å². The highest BCUT2D eigenvalue weighted by atomic mass is 19.1. The number of hydrogen-bond donors (Lipinski definition) is 1. The third kappa shape index (κ3) is 4.52. The largest absolute Gasteiger partial charge is 0.508 e. The van der Waals surface area contributed by atoms with Crippen LogP contribution in [0.1, 0.15) is 46.0 Å². The highest BCUT2D eigenvalue weighted by Crippen LogP contribution is 2.39. The van der Waals surface area contributed by atoms with Crippen LogP contribution in [0.4, 0.5) is 10.2 Å². The minimum atomic E-state index is -0.556. The summed E-state index contributed by atoms with van der Waals surface area (Å²) in [6, 6.07) is 10.9. The Bertz CT molecular complexity index is 1660. The molecule has 3 saturated heterocycles. The molecule has 0 aliphatic carbocycles. The first-order chi connectivity index (χ1) is 20.1. The third-order valence-corrected chi connectivity index (χ3v) is 8.46. The van der Waals surface area contributed by atoms with Crippen LogP contribution in [-0.2, 0) is 4.74 Å². The van der Waals surface area contributed by atoms with Gasteiger partial charge in [0.25, 0.3) is 0 Å². The van der Waals surface area contributed by atoms with Crippen molar-refractivity contribution in [3.8, 4) is 23.0 Å². The second kappa shape index (κ2) is 10.4. The lowest BCUT2D eigenvalue weighted by Crippen LogP contribution is -2.43. The number of halogens is 1. The molecule has 2 unspecified atom stereocenters. The number of phenols is 1. The molecule has 0 amide bonds.